The SMILES string of the molecule is O=C(O)C(O)C(O)C(=O)O.[LiH].[OH]. The molecule has 0 fully saturated rings. The summed E-state index contributed by atoms with van der Waals surface area (Å²) in [7, 11) is 0. The second-order valence-corrected chi connectivity index (χ2v) is 1.57. The molecule has 2 atom stereocenters. The van der Waals surface area contributed by atoms with Gasteiger partial charge in [0, 0.05) is 0 Å². The van der Waals surface area contributed by atoms with E-state index in [0.29, 0.717) is 0 Å². The van der Waals surface area contributed by atoms with E-state index in [4.69, 9.17) is 20.4 Å². The van der Waals surface area contributed by atoms with Crippen LogP contribution in [0.1, 0.15) is 0 Å². The van der Waals surface area contributed by atoms with Gasteiger partial charge in [0.1, 0.15) is 0 Å². The first-order valence-corrected chi connectivity index (χ1v) is 2.28. The summed E-state index contributed by atoms with van der Waals surface area (Å²) in [5.41, 5.74) is 0. The average molecular weight is 175 g/mol. The molecule has 5 N–H and O–H groups in total. The van der Waals surface area contributed by atoms with Crippen molar-refractivity contribution in [1.82, 2.24) is 0 Å². The summed E-state index contributed by atoms with van der Waals surface area (Å²) < 4.78 is 0. The largest absolute Gasteiger partial charge is 0.255 e. The number of carboxylic acids is 2. The molecule has 12 heavy (non-hydrogen) atoms. The molecule has 0 amide bonds. The molecular weight excluding hydrogens is 167 g/mol. The molecule has 2 unspecified atom stereocenters. The van der Waals surface area contributed by atoms with Crippen molar-refractivity contribution in [2.24, 2.45) is 0 Å². The summed E-state index contributed by atoms with van der Waals surface area (Å²) in [6.45, 7) is 0. The maximum atomic E-state index is 9.77. The molecule has 0 aliphatic carbocycles. The number of aliphatic carboxylic acids is 2. The maximum absolute atomic E-state index is 9.77. The van der Waals surface area contributed by atoms with Gasteiger partial charge in [-0.3, -0.25) is 5.48 Å². The monoisotopic (exact) mass is 175 g/mol. The predicted molar refractivity (Wildman–Crippen MR) is 36.4 cm³/mol. The first-order chi connectivity index (χ1) is 4.46. The fourth-order valence-corrected chi connectivity index (χ4v) is 0.270. The molecule has 0 saturated heterocycles. The van der Waals surface area contributed by atoms with E-state index in [0.717, 1.165) is 0 Å². The Bertz CT molecular complexity index is 139. The number of aliphatic hydroxyl groups excluding tert-OH is 2. The number of carbonyl (C=O) groups is 2. The molecule has 0 rings (SSSR count). The van der Waals surface area contributed by atoms with E-state index in [1.807, 2.05) is 0 Å². The van der Waals surface area contributed by atoms with Crippen LogP contribution >= 0.6 is 0 Å². The summed E-state index contributed by atoms with van der Waals surface area (Å²) in [4.78, 5) is 19.5. The van der Waals surface area contributed by atoms with Gasteiger partial charge in [-0.1, -0.05) is 0 Å². The first-order valence-electron chi connectivity index (χ1n) is 2.28. The molecular formula is C4H8LiO7. The fraction of sp³-hybridized carbons (Fsp3) is 0.500. The van der Waals surface area contributed by atoms with Crippen LogP contribution in [0.15, 0.2) is 0 Å². The Morgan fingerprint density at radius 3 is 1.17 bits per heavy atom. The van der Waals surface area contributed by atoms with Gasteiger partial charge in [-0.2, -0.15) is 0 Å². The van der Waals surface area contributed by atoms with Crippen molar-refractivity contribution in [1.29, 1.82) is 0 Å². The summed E-state index contributed by atoms with van der Waals surface area (Å²) in [6.07, 6.45) is -4.53. The normalized spacial score (nSPS) is 13.2. The van der Waals surface area contributed by atoms with E-state index < -0.39 is 24.1 Å². The third kappa shape index (κ3) is 5.12. The number of hydrogen-bond acceptors (Lipinski definition) is 4. The van der Waals surface area contributed by atoms with Crippen molar-refractivity contribution in [3.05, 3.63) is 0 Å². The molecule has 0 aliphatic rings. The van der Waals surface area contributed by atoms with E-state index in [-0.39, 0.29) is 24.3 Å². The van der Waals surface area contributed by atoms with Crippen molar-refractivity contribution in [2.45, 2.75) is 12.2 Å². The van der Waals surface area contributed by atoms with E-state index in [1.165, 1.54) is 0 Å². The molecule has 0 bridgehead atoms. The van der Waals surface area contributed by atoms with Crippen molar-refractivity contribution in [3.63, 3.8) is 0 Å². The number of aliphatic hydroxyl groups is 2. The second-order valence-electron chi connectivity index (χ2n) is 1.57. The van der Waals surface area contributed by atoms with E-state index in [1.54, 1.807) is 0 Å². The molecule has 0 aromatic heterocycles. The molecule has 0 aromatic rings. The predicted octanol–water partition coefficient (Wildman–Crippen LogP) is -2.95. The van der Waals surface area contributed by atoms with E-state index in [9.17, 15) is 9.59 Å². The van der Waals surface area contributed by atoms with E-state index in [2.05, 4.69) is 0 Å². The quantitative estimate of drug-likeness (QED) is 0.290. The van der Waals surface area contributed by atoms with Gasteiger partial charge in [0.05, 0.1) is 0 Å². The van der Waals surface area contributed by atoms with Gasteiger partial charge in [0.2, 0.25) is 0 Å². The number of carboxylic acid groups (broad SMARTS) is 2. The van der Waals surface area contributed by atoms with Crippen LogP contribution in [0.4, 0.5) is 0 Å². The van der Waals surface area contributed by atoms with Gasteiger partial charge in [-0.25, -0.2) is 9.59 Å². The van der Waals surface area contributed by atoms with Crippen molar-refractivity contribution < 1.29 is 35.5 Å². The van der Waals surface area contributed by atoms with Crippen LogP contribution in [0.2, 0.25) is 0 Å². The topological polar surface area (TPSA) is 145 Å². The Labute approximate surface area is 79.1 Å². The molecule has 0 spiro atoms. The molecule has 0 aliphatic heterocycles. The van der Waals surface area contributed by atoms with Crippen molar-refractivity contribution in [3.8, 4) is 0 Å². The molecule has 1 radical (unpaired) electrons. The summed E-state index contributed by atoms with van der Waals surface area (Å²) in [6, 6.07) is 0. The minimum atomic E-state index is -2.27. The minimum absolute atomic E-state index is 0. The van der Waals surface area contributed by atoms with E-state index >= 15 is 0 Å². The van der Waals surface area contributed by atoms with Gasteiger partial charge in [0.15, 0.2) is 12.2 Å². The number of hydrogen-bond donors (Lipinski definition) is 5. The zero-order valence-electron chi connectivity index (χ0n) is 5.21. The zero-order chi connectivity index (χ0) is 8.31. The fourth-order valence-electron chi connectivity index (χ4n) is 0.270. The minimum Gasteiger partial charge on any atom is -0.255 e. The molecule has 8 heteroatoms. The Hall–Kier alpha value is -0.583. The third-order valence-electron chi connectivity index (χ3n) is 0.805. The summed E-state index contributed by atoms with van der Waals surface area (Å²) in [5.74, 6) is -3.54. The summed E-state index contributed by atoms with van der Waals surface area (Å²) in [5, 5.41) is 32.5. The first kappa shape index (κ1) is 17.5. The average Bonchev–Trinajstić information content (AvgIpc) is 1.84. The van der Waals surface area contributed by atoms with Crippen LogP contribution in [-0.2, 0) is 9.59 Å². The maximum Gasteiger partial charge on any atom is -0.255 e. The summed E-state index contributed by atoms with van der Waals surface area (Å²) >= 11 is 0. The third-order valence-corrected chi connectivity index (χ3v) is 0.805. The smallest absolute Gasteiger partial charge is 0.255 e. The molecule has 0 heterocycles. The Morgan fingerprint density at radius 1 is 0.917 bits per heavy atom. The van der Waals surface area contributed by atoms with Crippen LogP contribution in [0, 0.1) is 0 Å². The van der Waals surface area contributed by atoms with Gasteiger partial charge < -0.3 is 20.4 Å². The number of rotatable bonds is 3. The standard InChI is InChI=1S/C4H6O6.Li.HO.H/c5-1(3(7)8)2(6)4(9)10;;;/h1-2,5-6H,(H,7,8)(H,9,10);;1H;. The molecule has 67 valence electrons. The van der Waals surface area contributed by atoms with Crippen molar-refractivity contribution in [2.75, 3.05) is 0 Å². The van der Waals surface area contributed by atoms with Gasteiger partial charge >= 0.3 is 30.8 Å². The molecule has 7 nitrogen and oxygen atoms in total. The van der Waals surface area contributed by atoms with Crippen LogP contribution in [-0.4, -0.2) is 68.9 Å². The van der Waals surface area contributed by atoms with Crippen LogP contribution in [0.3, 0.4) is 0 Å². The van der Waals surface area contributed by atoms with Gasteiger partial charge in [-0.05, 0) is 0 Å². The van der Waals surface area contributed by atoms with Crippen LogP contribution in [0.5, 0.6) is 0 Å². The van der Waals surface area contributed by atoms with Gasteiger partial charge in [0.25, 0.3) is 0 Å². The van der Waals surface area contributed by atoms with Gasteiger partial charge in [-0.15, -0.1) is 0 Å². The second kappa shape index (κ2) is 7.09. The Balaban J connectivity index is -0.000000405. The zero-order valence-corrected chi connectivity index (χ0v) is 5.21. The van der Waals surface area contributed by atoms with Crippen molar-refractivity contribution >= 4 is 30.8 Å². The molecule has 0 saturated carbocycles. The van der Waals surface area contributed by atoms with Crippen LogP contribution in [0.25, 0.3) is 0 Å². The Morgan fingerprint density at radius 2 is 1.08 bits per heavy atom. The Kier molecular flexibility index (Phi) is 10.3. The van der Waals surface area contributed by atoms with Crippen LogP contribution < -0.4 is 0 Å². The molecule has 0 aromatic carbocycles.